The molecule has 0 bridgehead atoms. The van der Waals surface area contributed by atoms with Gasteiger partial charge in [0.15, 0.2) is 0 Å². The number of amides is 1. The largest absolute Gasteiger partial charge is 0.508 e. The van der Waals surface area contributed by atoms with Gasteiger partial charge in [-0.15, -0.1) is 0 Å². The molecule has 2 aromatic rings. The second kappa shape index (κ2) is 8.74. The van der Waals surface area contributed by atoms with E-state index in [1.165, 1.54) is 6.08 Å². The zero-order valence-electron chi connectivity index (χ0n) is 13.7. The molecular weight excluding hydrogens is 306 g/mol. The summed E-state index contributed by atoms with van der Waals surface area (Å²) in [7, 11) is 3.18. The van der Waals surface area contributed by atoms with Crippen LogP contribution >= 0.6 is 0 Å². The highest BCUT2D eigenvalue weighted by molar-refractivity contribution is 5.91. The molecule has 5 nitrogen and oxygen atoms in total. The number of phenolic OH excluding ortho intramolecular Hbond substituents is 1. The maximum atomic E-state index is 12.0. The lowest BCUT2D eigenvalue weighted by molar-refractivity contribution is -0.117. The number of rotatable bonds is 7. The van der Waals surface area contributed by atoms with Crippen LogP contribution in [0.1, 0.15) is 17.2 Å². The minimum Gasteiger partial charge on any atom is -0.508 e. The Labute approximate surface area is 141 Å². The summed E-state index contributed by atoms with van der Waals surface area (Å²) in [5, 5.41) is 12.1. The molecule has 0 spiro atoms. The van der Waals surface area contributed by atoms with Gasteiger partial charge in [-0.2, -0.15) is 0 Å². The van der Waals surface area contributed by atoms with E-state index < -0.39 is 0 Å². The van der Waals surface area contributed by atoms with E-state index in [2.05, 4.69) is 5.32 Å². The summed E-state index contributed by atoms with van der Waals surface area (Å²) in [5.41, 5.74) is 1.76. The van der Waals surface area contributed by atoms with Gasteiger partial charge in [0.1, 0.15) is 11.5 Å². The number of methoxy groups -OCH3 is 2. The van der Waals surface area contributed by atoms with Gasteiger partial charge >= 0.3 is 0 Å². The van der Waals surface area contributed by atoms with Gasteiger partial charge in [0, 0.05) is 19.7 Å². The first-order valence-corrected chi connectivity index (χ1v) is 7.54. The highest BCUT2D eigenvalue weighted by atomic mass is 16.5. The first-order valence-electron chi connectivity index (χ1n) is 7.54. The van der Waals surface area contributed by atoms with Crippen molar-refractivity contribution in [3.8, 4) is 11.5 Å². The Bertz CT molecular complexity index is 695. The molecule has 0 heterocycles. The summed E-state index contributed by atoms with van der Waals surface area (Å²) in [4.78, 5) is 12.0. The maximum Gasteiger partial charge on any atom is 0.244 e. The highest BCUT2D eigenvalue weighted by Crippen LogP contribution is 2.19. The molecule has 1 amide bonds. The molecule has 126 valence electrons. The van der Waals surface area contributed by atoms with Crippen LogP contribution in [0.2, 0.25) is 0 Å². The van der Waals surface area contributed by atoms with Crippen LogP contribution in [0.4, 0.5) is 0 Å². The molecular formula is C19H21NO4. The number of nitrogens with one attached hydrogen (secondary N) is 1. The van der Waals surface area contributed by atoms with E-state index in [0.29, 0.717) is 6.54 Å². The van der Waals surface area contributed by atoms with Crippen molar-refractivity contribution < 1.29 is 19.4 Å². The third kappa shape index (κ3) is 5.14. The van der Waals surface area contributed by atoms with Crippen molar-refractivity contribution in [3.05, 3.63) is 65.7 Å². The predicted molar refractivity (Wildman–Crippen MR) is 92.9 cm³/mol. The zero-order chi connectivity index (χ0) is 17.4. The average Bonchev–Trinajstić information content (AvgIpc) is 2.62. The third-order valence-corrected chi connectivity index (χ3v) is 3.53. The Balaban J connectivity index is 1.91. The Hall–Kier alpha value is -2.79. The molecule has 1 atom stereocenters. The van der Waals surface area contributed by atoms with Gasteiger partial charge in [0.2, 0.25) is 5.91 Å². The summed E-state index contributed by atoms with van der Waals surface area (Å²) in [6, 6.07) is 14.2. The quantitative estimate of drug-likeness (QED) is 0.767. The number of hydrogen-bond acceptors (Lipinski definition) is 4. The SMILES string of the molecule is COc1cccc(/C=C/C(=O)NC[C@H](OC)c2ccc(O)cc2)c1. The standard InChI is InChI=1S/C19H21NO4/c1-23-17-5-3-4-14(12-17)6-11-19(22)20-13-18(24-2)15-7-9-16(21)10-8-15/h3-12,18,21H,13H2,1-2H3,(H,20,22)/b11-6+/t18-/m0/s1. The number of ether oxygens (including phenoxy) is 2. The number of carbonyl (C=O) groups excluding carboxylic acids is 1. The summed E-state index contributed by atoms with van der Waals surface area (Å²) >= 11 is 0. The summed E-state index contributed by atoms with van der Waals surface area (Å²) < 4.78 is 10.5. The monoisotopic (exact) mass is 327 g/mol. The van der Waals surface area contributed by atoms with Gasteiger partial charge in [0.25, 0.3) is 0 Å². The number of aromatic hydroxyl groups is 1. The fourth-order valence-electron chi connectivity index (χ4n) is 2.20. The van der Waals surface area contributed by atoms with Gasteiger partial charge in [-0.25, -0.2) is 0 Å². The second-order valence-corrected chi connectivity index (χ2v) is 5.17. The van der Waals surface area contributed by atoms with Crippen LogP contribution in [-0.2, 0) is 9.53 Å². The molecule has 0 unspecified atom stereocenters. The number of benzene rings is 2. The van der Waals surface area contributed by atoms with Crippen LogP contribution in [0.3, 0.4) is 0 Å². The Kier molecular flexibility index (Phi) is 6.40. The molecule has 0 saturated heterocycles. The van der Waals surface area contributed by atoms with E-state index in [1.54, 1.807) is 44.6 Å². The maximum absolute atomic E-state index is 12.0. The highest BCUT2D eigenvalue weighted by Gasteiger charge is 2.11. The fourth-order valence-corrected chi connectivity index (χ4v) is 2.20. The van der Waals surface area contributed by atoms with Crippen molar-refractivity contribution in [1.29, 1.82) is 0 Å². The lowest BCUT2D eigenvalue weighted by atomic mass is 10.1. The van der Waals surface area contributed by atoms with Gasteiger partial charge in [0.05, 0.1) is 13.2 Å². The van der Waals surface area contributed by atoms with Crippen LogP contribution < -0.4 is 10.1 Å². The first kappa shape index (κ1) is 17.6. The smallest absolute Gasteiger partial charge is 0.244 e. The van der Waals surface area contributed by atoms with Crippen molar-refractivity contribution in [2.75, 3.05) is 20.8 Å². The van der Waals surface area contributed by atoms with Crippen LogP contribution in [0.25, 0.3) is 6.08 Å². The van der Waals surface area contributed by atoms with E-state index in [-0.39, 0.29) is 17.8 Å². The summed E-state index contributed by atoms with van der Waals surface area (Å²) in [6.07, 6.45) is 2.91. The topological polar surface area (TPSA) is 67.8 Å². The number of phenols is 1. The minimum absolute atomic E-state index is 0.193. The molecule has 2 rings (SSSR count). The molecule has 2 N–H and O–H groups in total. The van der Waals surface area contributed by atoms with Gasteiger partial charge in [-0.05, 0) is 41.5 Å². The van der Waals surface area contributed by atoms with Crippen molar-refractivity contribution in [1.82, 2.24) is 5.32 Å². The third-order valence-electron chi connectivity index (χ3n) is 3.53. The van der Waals surface area contributed by atoms with Crippen molar-refractivity contribution in [3.63, 3.8) is 0 Å². The van der Waals surface area contributed by atoms with Crippen LogP contribution in [0, 0.1) is 0 Å². The number of hydrogen-bond donors (Lipinski definition) is 2. The zero-order valence-corrected chi connectivity index (χ0v) is 13.7. The van der Waals surface area contributed by atoms with Crippen molar-refractivity contribution >= 4 is 12.0 Å². The minimum atomic E-state index is -0.278. The van der Waals surface area contributed by atoms with E-state index >= 15 is 0 Å². The van der Waals surface area contributed by atoms with Crippen LogP contribution in [0.15, 0.2) is 54.6 Å². The number of carbonyl (C=O) groups is 1. The second-order valence-electron chi connectivity index (χ2n) is 5.17. The normalized spacial score (nSPS) is 12.1. The molecule has 0 aliphatic heterocycles. The molecule has 0 fully saturated rings. The molecule has 24 heavy (non-hydrogen) atoms. The van der Waals surface area contributed by atoms with Crippen molar-refractivity contribution in [2.45, 2.75) is 6.10 Å². The van der Waals surface area contributed by atoms with E-state index in [4.69, 9.17) is 9.47 Å². The van der Waals surface area contributed by atoms with E-state index in [1.807, 2.05) is 24.3 Å². The lowest BCUT2D eigenvalue weighted by Gasteiger charge is -2.16. The van der Waals surface area contributed by atoms with E-state index in [0.717, 1.165) is 16.9 Å². The molecule has 0 aliphatic carbocycles. The van der Waals surface area contributed by atoms with Crippen LogP contribution in [-0.4, -0.2) is 31.8 Å². The van der Waals surface area contributed by atoms with Crippen molar-refractivity contribution in [2.24, 2.45) is 0 Å². The molecule has 0 radical (unpaired) electrons. The summed E-state index contributed by atoms with van der Waals surface area (Å²) in [6.45, 7) is 0.336. The fraction of sp³-hybridized carbons (Fsp3) is 0.211. The molecule has 0 aromatic heterocycles. The Morgan fingerprint density at radius 1 is 1.21 bits per heavy atom. The lowest BCUT2D eigenvalue weighted by Crippen LogP contribution is -2.27. The molecule has 0 saturated carbocycles. The predicted octanol–water partition coefficient (Wildman–Crippen LogP) is 2.92. The van der Waals surface area contributed by atoms with Gasteiger partial charge in [-0.3, -0.25) is 4.79 Å². The molecule has 0 aliphatic rings. The molecule has 5 heteroatoms. The average molecular weight is 327 g/mol. The van der Waals surface area contributed by atoms with Crippen LogP contribution in [0.5, 0.6) is 11.5 Å². The summed E-state index contributed by atoms with van der Waals surface area (Å²) in [5.74, 6) is 0.724. The van der Waals surface area contributed by atoms with E-state index in [9.17, 15) is 9.90 Å². The first-order chi connectivity index (χ1) is 11.6. The Morgan fingerprint density at radius 3 is 2.62 bits per heavy atom. The molecule has 2 aromatic carbocycles. The Morgan fingerprint density at radius 2 is 1.96 bits per heavy atom. The van der Waals surface area contributed by atoms with Gasteiger partial charge < -0.3 is 19.9 Å². The van der Waals surface area contributed by atoms with Gasteiger partial charge in [-0.1, -0.05) is 24.3 Å².